The fourth-order valence-corrected chi connectivity index (χ4v) is 1.22. The number of hydrogen-bond donors (Lipinski definition) is 0. The van der Waals surface area contributed by atoms with E-state index in [1.165, 1.54) is 0 Å². The molecule has 0 amide bonds. The summed E-state index contributed by atoms with van der Waals surface area (Å²) in [4.78, 5) is 22.3. The molecule has 0 spiro atoms. The fourth-order valence-electron chi connectivity index (χ4n) is 1.22. The SMILES string of the molecule is CCC(=O)OC(=O)C(C)C1C=CC=C1. The molecule has 3 heteroatoms. The Morgan fingerprint density at radius 3 is 2.43 bits per heavy atom. The first-order chi connectivity index (χ1) is 6.65. The highest BCUT2D eigenvalue weighted by molar-refractivity contribution is 5.86. The van der Waals surface area contributed by atoms with Gasteiger partial charge in [-0.25, -0.2) is 0 Å². The molecule has 1 aliphatic carbocycles. The average molecular weight is 194 g/mol. The van der Waals surface area contributed by atoms with Crippen LogP contribution >= 0.6 is 0 Å². The van der Waals surface area contributed by atoms with Crippen molar-refractivity contribution in [3.63, 3.8) is 0 Å². The number of carbonyl (C=O) groups is 2. The molecule has 0 aromatic carbocycles. The van der Waals surface area contributed by atoms with Crippen molar-refractivity contribution in [2.75, 3.05) is 0 Å². The molecular formula is C11H14O3. The van der Waals surface area contributed by atoms with Crippen LogP contribution in [0.25, 0.3) is 0 Å². The molecule has 1 rings (SSSR count). The second-order valence-corrected chi connectivity index (χ2v) is 3.28. The van der Waals surface area contributed by atoms with E-state index in [9.17, 15) is 9.59 Å². The maximum absolute atomic E-state index is 11.4. The summed E-state index contributed by atoms with van der Waals surface area (Å²) in [6.45, 7) is 3.42. The van der Waals surface area contributed by atoms with E-state index < -0.39 is 11.9 Å². The molecule has 0 saturated heterocycles. The third-order valence-corrected chi connectivity index (χ3v) is 2.23. The standard InChI is InChI=1S/C11H14O3/c1-3-10(12)14-11(13)8(2)9-6-4-5-7-9/h4-9H,3H2,1-2H3. The molecule has 76 valence electrons. The lowest BCUT2D eigenvalue weighted by atomic mass is 9.96. The van der Waals surface area contributed by atoms with Crippen molar-refractivity contribution in [3.05, 3.63) is 24.3 Å². The maximum atomic E-state index is 11.4. The van der Waals surface area contributed by atoms with Gasteiger partial charge in [-0.2, -0.15) is 0 Å². The third-order valence-electron chi connectivity index (χ3n) is 2.23. The van der Waals surface area contributed by atoms with Gasteiger partial charge in [0, 0.05) is 12.3 Å². The molecule has 0 bridgehead atoms. The average Bonchev–Trinajstić information content (AvgIpc) is 2.69. The van der Waals surface area contributed by atoms with Crippen LogP contribution in [-0.2, 0) is 14.3 Å². The second-order valence-electron chi connectivity index (χ2n) is 3.28. The molecule has 1 atom stereocenters. The van der Waals surface area contributed by atoms with Gasteiger partial charge in [0.15, 0.2) is 0 Å². The zero-order chi connectivity index (χ0) is 10.6. The van der Waals surface area contributed by atoms with Crippen LogP contribution in [0, 0.1) is 11.8 Å². The highest BCUT2D eigenvalue weighted by Gasteiger charge is 2.24. The predicted octanol–water partition coefficient (Wildman–Crippen LogP) is 1.84. The van der Waals surface area contributed by atoms with E-state index >= 15 is 0 Å². The monoisotopic (exact) mass is 194 g/mol. The van der Waals surface area contributed by atoms with Gasteiger partial charge >= 0.3 is 11.9 Å². The lowest BCUT2D eigenvalue weighted by Gasteiger charge is -2.13. The second kappa shape index (κ2) is 4.74. The van der Waals surface area contributed by atoms with Crippen molar-refractivity contribution < 1.29 is 14.3 Å². The summed E-state index contributed by atoms with van der Waals surface area (Å²) in [6, 6.07) is 0. The van der Waals surface area contributed by atoms with Gasteiger partial charge in [-0.05, 0) is 0 Å². The largest absolute Gasteiger partial charge is 0.393 e. The van der Waals surface area contributed by atoms with E-state index in [4.69, 9.17) is 0 Å². The van der Waals surface area contributed by atoms with Gasteiger partial charge in [0.2, 0.25) is 0 Å². The van der Waals surface area contributed by atoms with Crippen LogP contribution in [0.5, 0.6) is 0 Å². The number of rotatable bonds is 3. The molecule has 0 radical (unpaired) electrons. The summed E-state index contributed by atoms with van der Waals surface area (Å²) in [6.07, 6.45) is 7.84. The van der Waals surface area contributed by atoms with Gasteiger partial charge in [-0.1, -0.05) is 38.2 Å². The third kappa shape index (κ3) is 2.55. The molecular weight excluding hydrogens is 180 g/mol. The van der Waals surface area contributed by atoms with E-state index in [1.54, 1.807) is 13.8 Å². The molecule has 0 aliphatic heterocycles. The van der Waals surface area contributed by atoms with E-state index in [0.29, 0.717) is 0 Å². The van der Waals surface area contributed by atoms with Gasteiger partial charge in [0.1, 0.15) is 0 Å². The Labute approximate surface area is 83.4 Å². The lowest BCUT2D eigenvalue weighted by Crippen LogP contribution is -2.23. The maximum Gasteiger partial charge on any atom is 0.317 e. The zero-order valence-corrected chi connectivity index (χ0v) is 8.40. The molecule has 0 fully saturated rings. The van der Waals surface area contributed by atoms with E-state index in [2.05, 4.69) is 4.74 Å². The first-order valence-corrected chi connectivity index (χ1v) is 4.74. The predicted molar refractivity (Wildman–Crippen MR) is 52.3 cm³/mol. The first kappa shape index (κ1) is 10.7. The fraction of sp³-hybridized carbons (Fsp3) is 0.455. The highest BCUT2D eigenvalue weighted by Crippen LogP contribution is 2.20. The lowest BCUT2D eigenvalue weighted by molar-refractivity contribution is -0.162. The molecule has 0 saturated carbocycles. The van der Waals surface area contributed by atoms with E-state index in [1.807, 2.05) is 24.3 Å². The zero-order valence-electron chi connectivity index (χ0n) is 8.40. The van der Waals surface area contributed by atoms with Crippen LogP contribution in [0.15, 0.2) is 24.3 Å². The Balaban J connectivity index is 2.48. The molecule has 14 heavy (non-hydrogen) atoms. The quantitative estimate of drug-likeness (QED) is 0.508. The summed E-state index contributed by atoms with van der Waals surface area (Å²) >= 11 is 0. The minimum absolute atomic E-state index is 0.0622. The van der Waals surface area contributed by atoms with Crippen molar-refractivity contribution in [1.82, 2.24) is 0 Å². The van der Waals surface area contributed by atoms with Crippen LogP contribution < -0.4 is 0 Å². The Morgan fingerprint density at radius 2 is 1.93 bits per heavy atom. The Kier molecular flexibility index (Phi) is 3.63. The minimum atomic E-state index is -0.465. The van der Waals surface area contributed by atoms with Crippen molar-refractivity contribution in [3.8, 4) is 0 Å². The normalized spacial score (nSPS) is 17.0. The summed E-state index contributed by atoms with van der Waals surface area (Å²) in [5.74, 6) is -1.14. The summed E-state index contributed by atoms with van der Waals surface area (Å²) in [5, 5.41) is 0. The number of allylic oxidation sites excluding steroid dienone is 4. The van der Waals surface area contributed by atoms with Crippen molar-refractivity contribution >= 4 is 11.9 Å². The number of hydrogen-bond acceptors (Lipinski definition) is 3. The number of ether oxygens (including phenoxy) is 1. The molecule has 1 aliphatic rings. The van der Waals surface area contributed by atoms with Crippen molar-refractivity contribution in [1.29, 1.82) is 0 Å². The topological polar surface area (TPSA) is 43.4 Å². The van der Waals surface area contributed by atoms with Crippen LogP contribution in [0.3, 0.4) is 0 Å². The molecule has 0 N–H and O–H groups in total. The van der Waals surface area contributed by atoms with Gasteiger partial charge in [-0.15, -0.1) is 0 Å². The van der Waals surface area contributed by atoms with E-state index in [0.717, 1.165) is 0 Å². The van der Waals surface area contributed by atoms with Gasteiger partial charge < -0.3 is 4.74 Å². The smallest absolute Gasteiger partial charge is 0.317 e. The van der Waals surface area contributed by atoms with Gasteiger partial charge in [-0.3, -0.25) is 9.59 Å². The summed E-state index contributed by atoms with van der Waals surface area (Å²) in [7, 11) is 0. The molecule has 0 aromatic rings. The van der Waals surface area contributed by atoms with Gasteiger partial charge in [0.05, 0.1) is 5.92 Å². The first-order valence-electron chi connectivity index (χ1n) is 4.74. The Hall–Kier alpha value is -1.38. The van der Waals surface area contributed by atoms with Crippen LogP contribution in [0.2, 0.25) is 0 Å². The van der Waals surface area contributed by atoms with Crippen molar-refractivity contribution in [2.45, 2.75) is 20.3 Å². The van der Waals surface area contributed by atoms with E-state index in [-0.39, 0.29) is 18.3 Å². The Morgan fingerprint density at radius 1 is 1.36 bits per heavy atom. The summed E-state index contributed by atoms with van der Waals surface area (Å²) in [5.41, 5.74) is 0. The number of carbonyl (C=O) groups excluding carboxylic acids is 2. The van der Waals surface area contributed by atoms with Crippen LogP contribution in [-0.4, -0.2) is 11.9 Å². The van der Waals surface area contributed by atoms with Crippen molar-refractivity contribution in [2.24, 2.45) is 11.8 Å². The molecule has 3 nitrogen and oxygen atoms in total. The molecule has 0 heterocycles. The van der Waals surface area contributed by atoms with Crippen LogP contribution in [0.1, 0.15) is 20.3 Å². The molecule has 0 aromatic heterocycles. The minimum Gasteiger partial charge on any atom is -0.393 e. The van der Waals surface area contributed by atoms with Gasteiger partial charge in [0.25, 0.3) is 0 Å². The summed E-state index contributed by atoms with van der Waals surface area (Å²) < 4.78 is 4.63. The Bertz CT molecular complexity index is 277. The highest BCUT2D eigenvalue weighted by atomic mass is 16.6. The molecule has 1 unspecified atom stereocenters. The van der Waals surface area contributed by atoms with Crippen LogP contribution in [0.4, 0.5) is 0 Å². The number of esters is 2.